The first-order valence-corrected chi connectivity index (χ1v) is 8.88. The van der Waals surface area contributed by atoms with Crippen molar-refractivity contribution in [1.82, 2.24) is 20.1 Å². The van der Waals surface area contributed by atoms with Gasteiger partial charge >= 0.3 is 0 Å². The molecule has 0 fully saturated rings. The van der Waals surface area contributed by atoms with Crippen LogP contribution in [-0.2, 0) is 13.1 Å². The Balaban J connectivity index is 1.53. The van der Waals surface area contributed by atoms with Gasteiger partial charge in [0, 0.05) is 25.3 Å². The van der Waals surface area contributed by atoms with Crippen molar-refractivity contribution in [3.05, 3.63) is 76.2 Å². The molecule has 1 aliphatic heterocycles. The van der Waals surface area contributed by atoms with Crippen LogP contribution in [-0.4, -0.2) is 34.3 Å². The maximum absolute atomic E-state index is 12.7. The van der Waals surface area contributed by atoms with Crippen molar-refractivity contribution in [2.45, 2.75) is 13.1 Å². The summed E-state index contributed by atoms with van der Waals surface area (Å²) in [5.74, 6) is 0.597. The molecule has 0 spiro atoms. The molecule has 0 aliphatic carbocycles. The molecule has 8 heteroatoms. The van der Waals surface area contributed by atoms with Gasteiger partial charge in [0.15, 0.2) is 0 Å². The van der Waals surface area contributed by atoms with Crippen molar-refractivity contribution >= 4 is 17.5 Å². The molecule has 1 amide bonds. The Labute approximate surface area is 161 Å². The fourth-order valence-electron chi connectivity index (χ4n) is 3.15. The number of amides is 1. The number of aromatic nitrogens is 3. The van der Waals surface area contributed by atoms with E-state index in [1.807, 2.05) is 59.5 Å². The second kappa shape index (κ2) is 7.51. The third kappa shape index (κ3) is 3.32. The van der Waals surface area contributed by atoms with Crippen LogP contribution in [0, 0.1) is 0 Å². The summed E-state index contributed by atoms with van der Waals surface area (Å²) in [5.41, 5.74) is 1.14. The second-order valence-electron chi connectivity index (χ2n) is 6.33. The summed E-state index contributed by atoms with van der Waals surface area (Å²) < 4.78 is 6.66. The molecule has 0 saturated carbocycles. The van der Waals surface area contributed by atoms with Gasteiger partial charge in [0.2, 0.25) is 11.6 Å². The summed E-state index contributed by atoms with van der Waals surface area (Å²) in [7, 11) is 1.58. The maximum Gasteiger partial charge on any atom is 0.286 e. The molecule has 2 aromatic carbocycles. The third-order valence-electron chi connectivity index (χ3n) is 4.59. The number of benzene rings is 2. The van der Waals surface area contributed by atoms with E-state index in [4.69, 9.17) is 4.74 Å². The van der Waals surface area contributed by atoms with E-state index in [0.29, 0.717) is 24.8 Å². The number of nitrogens with zero attached hydrogens (tertiary/aromatic N) is 4. The van der Waals surface area contributed by atoms with E-state index in [-0.39, 0.29) is 12.2 Å². The number of para-hydroxylation sites is 1. The number of hydrogen-bond acceptors (Lipinski definition) is 6. The fraction of sp³-hybridized carbons (Fsp3) is 0.200. The van der Waals surface area contributed by atoms with Crippen LogP contribution in [0.5, 0.6) is 5.75 Å². The highest BCUT2D eigenvalue weighted by Gasteiger charge is 2.27. The van der Waals surface area contributed by atoms with Gasteiger partial charge in [-0.05, 0) is 29.8 Å². The number of ether oxygens (including phenoxy) is 1. The predicted molar refractivity (Wildman–Crippen MR) is 104 cm³/mol. The lowest BCUT2D eigenvalue weighted by atomic mass is 10.2. The summed E-state index contributed by atoms with van der Waals surface area (Å²) in [5, 5.41) is 10.8. The van der Waals surface area contributed by atoms with Gasteiger partial charge in [-0.2, -0.15) is 0 Å². The molecule has 4 rings (SSSR count). The fourth-order valence-corrected chi connectivity index (χ4v) is 3.15. The van der Waals surface area contributed by atoms with Gasteiger partial charge in [0.05, 0.1) is 7.11 Å². The van der Waals surface area contributed by atoms with Crippen molar-refractivity contribution in [2.75, 3.05) is 18.6 Å². The van der Waals surface area contributed by atoms with E-state index in [1.165, 1.54) is 4.57 Å². The van der Waals surface area contributed by atoms with Gasteiger partial charge in [-0.25, -0.2) is 0 Å². The number of rotatable bonds is 5. The van der Waals surface area contributed by atoms with Crippen molar-refractivity contribution in [3.63, 3.8) is 0 Å². The number of hydrogen-bond donors (Lipinski definition) is 1. The second-order valence-corrected chi connectivity index (χ2v) is 6.33. The van der Waals surface area contributed by atoms with Gasteiger partial charge in [-0.1, -0.05) is 30.3 Å². The van der Waals surface area contributed by atoms with Crippen LogP contribution in [0.3, 0.4) is 0 Å². The van der Waals surface area contributed by atoms with Gasteiger partial charge in [-0.3, -0.25) is 14.2 Å². The average molecular weight is 377 g/mol. The van der Waals surface area contributed by atoms with Gasteiger partial charge < -0.3 is 15.0 Å². The molecule has 0 atom stereocenters. The summed E-state index contributed by atoms with van der Waals surface area (Å²) in [6.07, 6.45) is 0. The van der Waals surface area contributed by atoms with Crippen LogP contribution in [0.25, 0.3) is 0 Å². The zero-order valence-electron chi connectivity index (χ0n) is 15.3. The molecule has 0 bridgehead atoms. The van der Waals surface area contributed by atoms with E-state index in [2.05, 4.69) is 15.5 Å². The summed E-state index contributed by atoms with van der Waals surface area (Å²) in [6.45, 7) is 1.31. The van der Waals surface area contributed by atoms with Crippen molar-refractivity contribution in [2.24, 2.45) is 0 Å². The van der Waals surface area contributed by atoms with Gasteiger partial charge in [0.25, 0.3) is 11.5 Å². The average Bonchev–Trinajstić information content (AvgIpc) is 3.18. The number of fused-ring (bicyclic) bond motifs is 1. The molecule has 8 nitrogen and oxygen atoms in total. The van der Waals surface area contributed by atoms with Crippen molar-refractivity contribution in [3.8, 4) is 5.75 Å². The first kappa shape index (κ1) is 17.7. The third-order valence-corrected chi connectivity index (χ3v) is 4.59. The van der Waals surface area contributed by atoms with Crippen LogP contribution in [0.4, 0.5) is 11.6 Å². The summed E-state index contributed by atoms with van der Waals surface area (Å²) in [6, 6.07) is 17.0. The topological polar surface area (TPSA) is 89.3 Å². The molecule has 0 unspecified atom stereocenters. The lowest BCUT2D eigenvalue weighted by Gasteiger charge is -2.16. The minimum Gasteiger partial charge on any atom is -0.497 e. The summed E-state index contributed by atoms with van der Waals surface area (Å²) in [4.78, 5) is 27.1. The highest BCUT2D eigenvalue weighted by molar-refractivity contribution is 5.91. The van der Waals surface area contributed by atoms with E-state index >= 15 is 0 Å². The highest BCUT2D eigenvalue weighted by Crippen LogP contribution is 2.25. The van der Waals surface area contributed by atoms with Crippen LogP contribution >= 0.6 is 0 Å². The first-order chi connectivity index (χ1) is 13.7. The van der Waals surface area contributed by atoms with Crippen molar-refractivity contribution < 1.29 is 9.53 Å². The normalized spacial score (nSPS) is 12.5. The largest absolute Gasteiger partial charge is 0.497 e. The van der Waals surface area contributed by atoms with Crippen LogP contribution in [0.1, 0.15) is 16.1 Å². The Hall–Kier alpha value is -3.68. The minimum absolute atomic E-state index is 0.207. The SMILES string of the molecule is COc1cccc(CNC(=O)c2nnc3n(c2=O)CCN3c2ccccc2)c1. The van der Waals surface area contributed by atoms with Crippen LogP contribution < -0.4 is 20.5 Å². The van der Waals surface area contributed by atoms with Crippen LogP contribution in [0.15, 0.2) is 59.4 Å². The zero-order valence-corrected chi connectivity index (χ0v) is 15.3. The predicted octanol–water partition coefficient (Wildman–Crippen LogP) is 1.73. The van der Waals surface area contributed by atoms with E-state index < -0.39 is 11.5 Å². The summed E-state index contributed by atoms with van der Waals surface area (Å²) >= 11 is 0. The molecule has 0 saturated heterocycles. The van der Waals surface area contributed by atoms with Gasteiger partial charge in [0.1, 0.15) is 5.75 Å². The Kier molecular flexibility index (Phi) is 4.76. The monoisotopic (exact) mass is 377 g/mol. The molecule has 1 aromatic heterocycles. The Morgan fingerprint density at radius 2 is 1.93 bits per heavy atom. The zero-order chi connectivity index (χ0) is 19.5. The van der Waals surface area contributed by atoms with E-state index in [1.54, 1.807) is 7.11 Å². The number of nitrogens with one attached hydrogen (secondary N) is 1. The lowest BCUT2D eigenvalue weighted by molar-refractivity contribution is 0.0942. The molecule has 28 heavy (non-hydrogen) atoms. The molecule has 1 N–H and O–H groups in total. The number of anilines is 2. The molecule has 0 radical (unpaired) electrons. The Morgan fingerprint density at radius 1 is 1.11 bits per heavy atom. The maximum atomic E-state index is 12.7. The van der Waals surface area contributed by atoms with Crippen LogP contribution in [0.2, 0.25) is 0 Å². The van der Waals surface area contributed by atoms with Crippen molar-refractivity contribution in [1.29, 1.82) is 0 Å². The molecule has 2 heterocycles. The highest BCUT2D eigenvalue weighted by atomic mass is 16.5. The quantitative estimate of drug-likeness (QED) is 0.728. The standard InChI is InChI=1S/C20H19N5O3/c1-28-16-9-5-6-14(12-16)13-21-18(26)17-19(27)25-11-10-24(20(25)23-22-17)15-7-3-2-4-8-15/h2-9,12H,10-11,13H2,1H3,(H,21,26). The minimum atomic E-state index is -0.547. The molecular formula is C20H19N5O3. The van der Waals surface area contributed by atoms with E-state index in [0.717, 1.165) is 11.3 Å². The number of carbonyl (C=O) groups excluding carboxylic acids is 1. The Morgan fingerprint density at radius 3 is 2.71 bits per heavy atom. The first-order valence-electron chi connectivity index (χ1n) is 8.88. The molecule has 142 valence electrons. The molecular weight excluding hydrogens is 358 g/mol. The van der Waals surface area contributed by atoms with E-state index in [9.17, 15) is 9.59 Å². The molecule has 1 aliphatic rings. The smallest absolute Gasteiger partial charge is 0.286 e. The van der Waals surface area contributed by atoms with Gasteiger partial charge in [-0.15, -0.1) is 10.2 Å². The lowest BCUT2D eigenvalue weighted by Crippen LogP contribution is -2.34. The molecule has 3 aromatic rings. The number of carbonyl (C=O) groups is 1. The number of methoxy groups -OCH3 is 1. The Bertz CT molecular complexity index is 1060.